The number of furan rings is 1. The zero-order valence-corrected chi connectivity index (χ0v) is 20.3. The van der Waals surface area contributed by atoms with E-state index in [-0.39, 0.29) is 24.0 Å². The highest BCUT2D eigenvalue weighted by atomic mass is 127. The van der Waals surface area contributed by atoms with Crippen LogP contribution in [0, 0.1) is 0 Å². The van der Waals surface area contributed by atoms with Gasteiger partial charge in [0.05, 0.1) is 12.8 Å². The van der Waals surface area contributed by atoms with Crippen LogP contribution in [0.25, 0.3) is 0 Å². The molecular weight excluding hydrogens is 483 g/mol. The Bertz CT molecular complexity index is 541. The van der Waals surface area contributed by atoms with E-state index in [0.717, 1.165) is 43.0 Å². The summed E-state index contributed by atoms with van der Waals surface area (Å²) in [4.78, 5) is 7.51. The smallest absolute Gasteiger partial charge is 0.191 e. The van der Waals surface area contributed by atoms with Gasteiger partial charge in [-0.05, 0) is 44.1 Å². The van der Waals surface area contributed by atoms with Crippen LogP contribution in [0.5, 0.6) is 0 Å². The normalized spacial score (nSPS) is 20.0. The molecule has 1 aliphatic heterocycles. The first-order valence-electron chi connectivity index (χ1n) is 10.7. The van der Waals surface area contributed by atoms with E-state index < -0.39 is 0 Å². The first-order valence-corrected chi connectivity index (χ1v) is 12.0. The van der Waals surface area contributed by atoms with Crippen LogP contribution in [0.3, 0.4) is 0 Å². The highest BCUT2D eigenvalue weighted by Crippen LogP contribution is 2.25. The summed E-state index contributed by atoms with van der Waals surface area (Å²) in [5.74, 6) is 3.05. The molecule has 2 fully saturated rings. The number of thioether (sulfide) groups is 1. The van der Waals surface area contributed by atoms with Crippen LogP contribution in [-0.4, -0.2) is 61.1 Å². The van der Waals surface area contributed by atoms with Crippen molar-refractivity contribution in [2.75, 3.05) is 38.2 Å². The molecule has 1 aliphatic carbocycles. The lowest BCUT2D eigenvalue weighted by Gasteiger charge is -2.39. The van der Waals surface area contributed by atoms with Gasteiger partial charge in [-0.2, -0.15) is 11.8 Å². The number of guanidine groups is 1. The Labute approximate surface area is 191 Å². The number of aliphatic imine (C=N–C) groups is 1. The second kappa shape index (κ2) is 13.7. The molecule has 1 saturated heterocycles. The minimum absolute atomic E-state index is 0. The molecule has 5 nitrogen and oxygen atoms in total. The molecule has 0 amide bonds. The summed E-state index contributed by atoms with van der Waals surface area (Å²) in [6.07, 6.45) is 14.3. The van der Waals surface area contributed by atoms with Gasteiger partial charge in [0, 0.05) is 43.9 Å². The molecule has 7 heteroatoms. The lowest BCUT2D eigenvalue weighted by atomic mass is 9.92. The first kappa shape index (κ1) is 23.9. The lowest BCUT2D eigenvalue weighted by Crippen LogP contribution is -2.51. The van der Waals surface area contributed by atoms with E-state index in [9.17, 15) is 0 Å². The Kier molecular flexibility index (Phi) is 11.7. The van der Waals surface area contributed by atoms with Crippen molar-refractivity contribution in [3.05, 3.63) is 24.2 Å². The molecule has 1 saturated carbocycles. The summed E-state index contributed by atoms with van der Waals surface area (Å²) < 4.78 is 5.42. The molecule has 2 heterocycles. The van der Waals surface area contributed by atoms with Gasteiger partial charge in [0.1, 0.15) is 5.76 Å². The van der Waals surface area contributed by atoms with E-state index >= 15 is 0 Å². The van der Waals surface area contributed by atoms with Crippen molar-refractivity contribution in [2.45, 2.75) is 63.5 Å². The second-order valence-electron chi connectivity index (χ2n) is 7.73. The van der Waals surface area contributed by atoms with Gasteiger partial charge in [-0.25, -0.2) is 0 Å². The average Bonchev–Trinajstić information content (AvgIpc) is 3.23. The fourth-order valence-electron chi connectivity index (χ4n) is 4.21. The Balaban J connectivity index is 0.00000280. The van der Waals surface area contributed by atoms with Crippen LogP contribution in [0.2, 0.25) is 0 Å². The number of nitrogens with zero attached hydrogens (tertiary/aromatic N) is 2. The number of halogens is 1. The molecule has 0 bridgehead atoms. The lowest BCUT2D eigenvalue weighted by molar-refractivity contribution is 0.119. The Morgan fingerprint density at radius 2 is 2.00 bits per heavy atom. The van der Waals surface area contributed by atoms with E-state index in [2.05, 4.69) is 21.8 Å². The SMILES string of the molecule is CSCCN=C(NCCc1ccco1)NC1CCN(C2CCCCC2)CC1.I. The van der Waals surface area contributed by atoms with Gasteiger partial charge in [0.25, 0.3) is 0 Å². The van der Waals surface area contributed by atoms with Crippen molar-refractivity contribution in [3.63, 3.8) is 0 Å². The van der Waals surface area contributed by atoms with Crippen molar-refractivity contribution in [3.8, 4) is 0 Å². The van der Waals surface area contributed by atoms with E-state index in [1.807, 2.05) is 23.9 Å². The van der Waals surface area contributed by atoms with Crippen molar-refractivity contribution < 1.29 is 4.42 Å². The highest BCUT2D eigenvalue weighted by molar-refractivity contribution is 14.0. The maximum absolute atomic E-state index is 5.42. The Morgan fingerprint density at radius 3 is 2.68 bits per heavy atom. The molecule has 1 aromatic heterocycles. The molecule has 160 valence electrons. The monoisotopic (exact) mass is 520 g/mol. The molecule has 3 rings (SSSR count). The summed E-state index contributed by atoms with van der Waals surface area (Å²) in [6.45, 7) is 4.16. The Hall–Kier alpha value is -0.410. The average molecular weight is 521 g/mol. The molecule has 0 radical (unpaired) electrons. The first-order chi connectivity index (χ1) is 13.3. The zero-order valence-electron chi connectivity index (χ0n) is 17.2. The molecule has 0 spiro atoms. The van der Waals surface area contributed by atoms with Crippen molar-refractivity contribution >= 4 is 41.7 Å². The molecule has 2 aliphatic rings. The van der Waals surface area contributed by atoms with Gasteiger partial charge in [-0.15, -0.1) is 24.0 Å². The zero-order chi connectivity index (χ0) is 18.7. The van der Waals surface area contributed by atoms with E-state index in [1.165, 1.54) is 58.0 Å². The summed E-state index contributed by atoms with van der Waals surface area (Å²) >= 11 is 1.84. The maximum Gasteiger partial charge on any atom is 0.191 e. The topological polar surface area (TPSA) is 52.8 Å². The minimum atomic E-state index is 0. The third-order valence-corrected chi connectivity index (χ3v) is 6.36. The quantitative estimate of drug-likeness (QED) is 0.234. The summed E-state index contributed by atoms with van der Waals surface area (Å²) in [5.41, 5.74) is 0. The fraction of sp³-hybridized carbons (Fsp3) is 0.762. The molecule has 0 unspecified atom stereocenters. The van der Waals surface area contributed by atoms with Crippen LogP contribution in [-0.2, 0) is 6.42 Å². The fourth-order valence-corrected chi connectivity index (χ4v) is 4.48. The van der Waals surface area contributed by atoms with Crippen LogP contribution in [0.1, 0.15) is 50.7 Å². The predicted molar refractivity (Wildman–Crippen MR) is 131 cm³/mol. The van der Waals surface area contributed by atoms with Gasteiger partial charge in [-0.3, -0.25) is 4.99 Å². The number of nitrogens with one attached hydrogen (secondary N) is 2. The van der Waals surface area contributed by atoms with Gasteiger partial charge in [0.2, 0.25) is 0 Å². The number of piperidine rings is 1. The van der Waals surface area contributed by atoms with Crippen LogP contribution < -0.4 is 10.6 Å². The van der Waals surface area contributed by atoms with E-state index in [0.29, 0.717) is 6.04 Å². The van der Waals surface area contributed by atoms with Crippen molar-refractivity contribution in [2.24, 2.45) is 4.99 Å². The number of hydrogen-bond acceptors (Lipinski definition) is 4. The second-order valence-corrected chi connectivity index (χ2v) is 8.71. The Morgan fingerprint density at radius 1 is 1.21 bits per heavy atom. The van der Waals surface area contributed by atoms with Crippen LogP contribution in [0.4, 0.5) is 0 Å². The van der Waals surface area contributed by atoms with Gasteiger partial charge < -0.3 is 20.0 Å². The molecular formula is C21H37IN4OS. The molecule has 28 heavy (non-hydrogen) atoms. The number of rotatable bonds is 8. The molecule has 0 aromatic carbocycles. The van der Waals surface area contributed by atoms with Crippen LogP contribution >= 0.6 is 35.7 Å². The third-order valence-electron chi connectivity index (χ3n) is 5.77. The molecule has 1 aromatic rings. The van der Waals surface area contributed by atoms with E-state index in [4.69, 9.17) is 9.41 Å². The molecule has 2 N–H and O–H groups in total. The summed E-state index contributed by atoms with van der Waals surface area (Å²) in [7, 11) is 0. The predicted octanol–water partition coefficient (Wildman–Crippen LogP) is 4.14. The van der Waals surface area contributed by atoms with Gasteiger partial charge >= 0.3 is 0 Å². The van der Waals surface area contributed by atoms with Gasteiger partial charge in [-0.1, -0.05) is 19.3 Å². The number of likely N-dealkylation sites (tertiary alicyclic amines) is 1. The van der Waals surface area contributed by atoms with Crippen molar-refractivity contribution in [1.29, 1.82) is 0 Å². The van der Waals surface area contributed by atoms with Crippen LogP contribution in [0.15, 0.2) is 27.8 Å². The minimum Gasteiger partial charge on any atom is -0.469 e. The van der Waals surface area contributed by atoms with Gasteiger partial charge in [0.15, 0.2) is 5.96 Å². The maximum atomic E-state index is 5.42. The largest absolute Gasteiger partial charge is 0.469 e. The number of hydrogen-bond donors (Lipinski definition) is 2. The van der Waals surface area contributed by atoms with Crippen molar-refractivity contribution in [1.82, 2.24) is 15.5 Å². The van der Waals surface area contributed by atoms with E-state index in [1.54, 1.807) is 6.26 Å². The summed E-state index contributed by atoms with van der Waals surface area (Å²) in [6, 6.07) is 5.36. The third kappa shape index (κ3) is 8.14. The standard InChI is InChI=1S/C21H36N4OS.HI/c1-27-17-13-23-21(22-12-9-20-8-5-16-26-20)24-18-10-14-25(15-11-18)19-6-3-2-4-7-19;/h5,8,16,18-19H,2-4,6-7,9-15,17H2,1H3,(H2,22,23,24);1H. The summed E-state index contributed by atoms with van der Waals surface area (Å²) in [5, 5.41) is 7.19. The molecule has 0 atom stereocenters. The highest BCUT2D eigenvalue weighted by Gasteiger charge is 2.26.